The maximum atomic E-state index is 12.2. The molecule has 0 saturated heterocycles. The van der Waals surface area contributed by atoms with Crippen LogP contribution in [-0.4, -0.2) is 12.6 Å². The van der Waals surface area contributed by atoms with Crippen molar-refractivity contribution >= 4 is 6.29 Å². The third-order valence-corrected chi connectivity index (χ3v) is 6.03. The Balaban J connectivity index is 1.50. The number of alkyl halides is 3. The number of hydrogen-bond acceptors (Lipinski definition) is 2. The minimum Gasteiger partial charge on any atom is -0.406 e. The van der Waals surface area contributed by atoms with Gasteiger partial charge in [-0.1, -0.05) is 12.1 Å². The molecule has 0 bridgehead atoms. The molecule has 0 radical (unpaired) electrons. The van der Waals surface area contributed by atoms with Crippen molar-refractivity contribution in [3.63, 3.8) is 0 Å². The lowest BCUT2D eigenvalue weighted by atomic mass is 9.68. The molecule has 3 rings (SSSR count). The van der Waals surface area contributed by atoms with Crippen LogP contribution in [0.1, 0.15) is 62.8 Å². The fourth-order valence-electron chi connectivity index (χ4n) is 4.62. The van der Waals surface area contributed by atoms with Gasteiger partial charge in [-0.2, -0.15) is 0 Å². The molecule has 25 heavy (non-hydrogen) atoms. The Labute approximate surface area is 146 Å². The van der Waals surface area contributed by atoms with Crippen molar-refractivity contribution in [1.82, 2.24) is 0 Å². The summed E-state index contributed by atoms with van der Waals surface area (Å²) in [6, 6.07) is 6.36. The first-order valence-electron chi connectivity index (χ1n) is 9.25. The van der Waals surface area contributed by atoms with E-state index in [1.54, 1.807) is 12.1 Å². The van der Waals surface area contributed by atoms with E-state index in [1.165, 1.54) is 37.8 Å². The number of carbonyl (C=O) groups excluding carboxylic acids is 1. The molecule has 0 unspecified atom stereocenters. The van der Waals surface area contributed by atoms with Crippen molar-refractivity contribution in [2.24, 2.45) is 17.8 Å². The zero-order valence-electron chi connectivity index (χ0n) is 14.3. The summed E-state index contributed by atoms with van der Waals surface area (Å²) in [6.07, 6.45) is 5.44. The summed E-state index contributed by atoms with van der Waals surface area (Å²) in [5.41, 5.74) is 1.11. The number of hydrogen-bond donors (Lipinski definition) is 0. The van der Waals surface area contributed by atoms with Crippen molar-refractivity contribution in [2.45, 2.75) is 63.6 Å². The second-order valence-corrected chi connectivity index (χ2v) is 7.54. The van der Waals surface area contributed by atoms with Gasteiger partial charge in [0.1, 0.15) is 12.0 Å². The molecule has 0 atom stereocenters. The van der Waals surface area contributed by atoms with Gasteiger partial charge in [0.2, 0.25) is 0 Å². The van der Waals surface area contributed by atoms with E-state index in [0.29, 0.717) is 5.92 Å². The van der Waals surface area contributed by atoms with Crippen LogP contribution < -0.4 is 4.74 Å². The van der Waals surface area contributed by atoms with E-state index in [4.69, 9.17) is 0 Å². The molecule has 0 spiro atoms. The predicted octanol–water partition coefficient (Wildman–Crippen LogP) is 5.86. The van der Waals surface area contributed by atoms with E-state index in [1.807, 2.05) is 0 Å². The van der Waals surface area contributed by atoms with Crippen molar-refractivity contribution < 1.29 is 22.7 Å². The maximum absolute atomic E-state index is 12.2. The Morgan fingerprint density at radius 2 is 1.36 bits per heavy atom. The van der Waals surface area contributed by atoms with Gasteiger partial charge in [0.15, 0.2) is 0 Å². The third-order valence-electron chi connectivity index (χ3n) is 6.03. The minimum atomic E-state index is -4.64. The van der Waals surface area contributed by atoms with Crippen LogP contribution in [0.25, 0.3) is 0 Å². The van der Waals surface area contributed by atoms with E-state index in [2.05, 4.69) is 4.74 Å². The molecule has 2 nitrogen and oxygen atoms in total. The highest BCUT2D eigenvalue weighted by atomic mass is 19.4. The molecule has 1 aromatic rings. The summed E-state index contributed by atoms with van der Waals surface area (Å²) in [7, 11) is 0. The molecule has 0 heterocycles. The summed E-state index contributed by atoms with van der Waals surface area (Å²) in [5, 5.41) is 0. The first-order chi connectivity index (χ1) is 11.9. The topological polar surface area (TPSA) is 26.3 Å². The van der Waals surface area contributed by atoms with E-state index in [0.717, 1.165) is 49.4 Å². The van der Waals surface area contributed by atoms with Gasteiger partial charge in [-0.05, 0) is 86.8 Å². The van der Waals surface area contributed by atoms with Crippen molar-refractivity contribution in [3.8, 4) is 5.75 Å². The smallest absolute Gasteiger partial charge is 0.406 e. The molecular weight excluding hydrogens is 329 g/mol. The molecule has 0 aliphatic heterocycles. The van der Waals surface area contributed by atoms with Crippen LogP contribution >= 0.6 is 0 Å². The average molecular weight is 354 g/mol. The fraction of sp³-hybridized carbons (Fsp3) is 0.650. The zero-order valence-corrected chi connectivity index (χ0v) is 14.3. The molecule has 2 fully saturated rings. The summed E-state index contributed by atoms with van der Waals surface area (Å²) >= 11 is 0. The fourth-order valence-corrected chi connectivity index (χ4v) is 4.62. The van der Waals surface area contributed by atoms with Crippen molar-refractivity contribution in [3.05, 3.63) is 29.8 Å². The maximum Gasteiger partial charge on any atom is 0.573 e. The Morgan fingerprint density at radius 1 is 0.840 bits per heavy atom. The third kappa shape index (κ3) is 4.99. The molecule has 2 saturated carbocycles. The van der Waals surface area contributed by atoms with Gasteiger partial charge in [-0.25, -0.2) is 0 Å². The number of carbonyl (C=O) groups is 1. The quantitative estimate of drug-likeness (QED) is 0.633. The highest BCUT2D eigenvalue weighted by molar-refractivity contribution is 5.53. The predicted molar refractivity (Wildman–Crippen MR) is 89.3 cm³/mol. The van der Waals surface area contributed by atoms with E-state index < -0.39 is 6.36 Å². The van der Waals surface area contributed by atoms with Gasteiger partial charge in [0.25, 0.3) is 0 Å². The molecular formula is C20H25F3O2. The van der Waals surface area contributed by atoms with Gasteiger partial charge in [0.05, 0.1) is 0 Å². The lowest BCUT2D eigenvalue weighted by molar-refractivity contribution is -0.274. The van der Waals surface area contributed by atoms with Gasteiger partial charge in [-0.15, -0.1) is 13.2 Å². The normalized spacial score (nSPS) is 30.7. The SMILES string of the molecule is O=CC1CCC(C2CCC(c3ccc(OC(F)(F)F)cc3)CC2)CC1. The second-order valence-electron chi connectivity index (χ2n) is 7.54. The van der Waals surface area contributed by atoms with Crippen molar-refractivity contribution in [1.29, 1.82) is 0 Å². The largest absolute Gasteiger partial charge is 0.573 e. The van der Waals surface area contributed by atoms with Crippen LogP contribution in [-0.2, 0) is 4.79 Å². The van der Waals surface area contributed by atoms with E-state index in [-0.39, 0.29) is 11.7 Å². The Bertz CT molecular complexity index is 551. The molecule has 5 heteroatoms. The first kappa shape index (κ1) is 18.3. The molecule has 0 N–H and O–H groups in total. The second kappa shape index (κ2) is 7.79. The van der Waals surface area contributed by atoms with Crippen LogP contribution in [0.15, 0.2) is 24.3 Å². The highest BCUT2D eigenvalue weighted by Crippen LogP contribution is 2.43. The molecule has 1 aromatic carbocycles. The van der Waals surface area contributed by atoms with Crippen LogP contribution in [0.2, 0.25) is 0 Å². The first-order valence-corrected chi connectivity index (χ1v) is 9.25. The van der Waals surface area contributed by atoms with Gasteiger partial charge in [-0.3, -0.25) is 0 Å². The number of halogens is 3. The summed E-state index contributed by atoms with van der Waals surface area (Å²) < 4.78 is 40.6. The van der Waals surface area contributed by atoms with Crippen LogP contribution in [0.4, 0.5) is 13.2 Å². The Morgan fingerprint density at radius 3 is 1.84 bits per heavy atom. The summed E-state index contributed by atoms with van der Waals surface area (Å²) in [4.78, 5) is 10.9. The van der Waals surface area contributed by atoms with Crippen LogP contribution in [0.3, 0.4) is 0 Å². The lowest BCUT2D eigenvalue weighted by Gasteiger charge is -2.37. The average Bonchev–Trinajstić information content (AvgIpc) is 2.61. The van der Waals surface area contributed by atoms with Crippen LogP contribution in [0.5, 0.6) is 5.75 Å². The van der Waals surface area contributed by atoms with E-state index in [9.17, 15) is 18.0 Å². The van der Waals surface area contributed by atoms with Gasteiger partial charge < -0.3 is 9.53 Å². The molecule has 2 aliphatic carbocycles. The monoisotopic (exact) mass is 354 g/mol. The molecule has 0 amide bonds. The number of aldehydes is 1. The zero-order chi connectivity index (χ0) is 17.9. The van der Waals surface area contributed by atoms with Crippen LogP contribution in [0, 0.1) is 17.8 Å². The van der Waals surface area contributed by atoms with E-state index >= 15 is 0 Å². The Hall–Kier alpha value is -1.52. The summed E-state index contributed by atoms with van der Waals surface area (Å²) in [5.74, 6) is 2.04. The molecule has 0 aromatic heterocycles. The number of rotatable bonds is 4. The molecule has 138 valence electrons. The van der Waals surface area contributed by atoms with Crippen molar-refractivity contribution in [2.75, 3.05) is 0 Å². The Kier molecular flexibility index (Phi) is 5.70. The van der Waals surface area contributed by atoms with Gasteiger partial charge in [0, 0.05) is 5.92 Å². The molecule has 2 aliphatic rings. The van der Waals surface area contributed by atoms with Gasteiger partial charge >= 0.3 is 6.36 Å². The minimum absolute atomic E-state index is 0.156. The number of ether oxygens (including phenoxy) is 1. The highest BCUT2D eigenvalue weighted by Gasteiger charge is 2.32. The lowest BCUT2D eigenvalue weighted by Crippen LogP contribution is -2.25. The number of benzene rings is 1. The standard InChI is InChI=1S/C20H25F3O2/c21-20(22,23)25-19-11-9-18(10-12-19)17-7-5-16(6-8-17)15-3-1-14(13-24)2-4-15/h9-17H,1-8H2. The summed E-state index contributed by atoms with van der Waals surface area (Å²) in [6.45, 7) is 0.